The van der Waals surface area contributed by atoms with Gasteiger partial charge in [0.15, 0.2) is 0 Å². The Bertz CT molecular complexity index is 997. The fraction of sp³-hybridized carbons (Fsp3) is 0.300. The zero-order chi connectivity index (χ0) is 18.8. The predicted molar refractivity (Wildman–Crippen MR) is 103 cm³/mol. The number of nitrogens with zero attached hydrogens (tertiary/aromatic N) is 5. The number of hydrogen-bond donors (Lipinski definition) is 1. The van der Waals surface area contributed by atoms with E-state index in [1.807, 2.05) is 37.5 Å². The maximum absolute atomic E-state index is 12.4. The smallest absolute Gasteiger partial charge is 0.258 e. The van der Waals surface area contributed by atoms with Gasteiger partial charge in [-0.1, -0.05) is 30.3 Å². The molecule has 0 bridgehead atoms. The molecule has 1 aliphatic rings. The number of nitrogens with one attached hydrogen (secondary N) is 1. The zero-order valence-electron chi connectivity index (χ0n) is 15.5. The Hall–Kier alpha value is -3.06. The van der Waals surface area contributed by atoms with Crippen LogP contribution in [0, 0.1) is 6.92 Å². The monoisotopic (exact) mass is 362 g/mol. The second-order valence-corrected chi connectivity index (χ2v) is 6.85. The summed E-state index contributed by atoms with van der Waals surface area (Å²) in [4.78, 5) is 27.9. The molecule has 0 fully saturated rings. The lowest BCUT2D eigenvalue weighted by Gasteiger charge is -2.14. The molecule has 0 radical (unpaired) electrons. The average Bonchev–Trinajstić information content (AvgIpc) is 3.09. The molecule has 0 saturated heterocycles. The maximum atomic E-state index is 12.4. The number of hydrogen-bond acceptors (Lipinski definition) is 6. The molecule has 4 rings (SSSR count). The Labute approximate surface area is 157 Å². The first-order valence-corrected chi connectivity index (χ1v) is 8.96. The van der Waals surface area contributed by atoms with E-state index in [2.05, 4.69) is 37.3 Å². The van der Waals surface area contributed by atoms with Crippen molar-refractivity contribution in [2.75, 3.05) is 5.32 Å². The number of anilines is 1. The van der Waals surface area contributed by atoms with Crippen molar-refractivity contribution in [1.29, 1.82) is 0 Å². The molecule has 1 aliphatic heterocycles. The summed E-state index contributed by atoms with van der Waals surface area (Å²) >= 11 is 0. The van der Waals surface area contributed by atoms with Crippen LogP contribution in [0.1, 0.15) is 28.2 Å². The Balaban J connectivity index is 1.38. The molecule has 1 N–H and O–H groups in total. The first kappa shape index (κ1) is 17.4. The van der Waals surface area contributed by atoms with E-state index in [0.29, 0.717) is 32.1 Å². The number of aryl methyl sites for hydroxylation is 1. The van der Waals surface area contributed by atoms with Crippen LogP contribution in [0.5, 0.6) is 0 Å². The van der Waals surface area contributed by atoms with Crippen molar-refractivity contribution in [3.63, 3.8) is 0 Å². The van der Waals surface area contributed by atoms with Gasteiger partial charge in [0, 0.05) is 51.2 Å². The van der Waals surface area contributed by atoms with Crippen LogP contribution in [0.2, 0.25) is 0 Å². The second-order valence-electron chi connectivity index (χ2n) is 6.85. The van der Waals surface area contributed by atoms with Gasteiger partial charge in [0.2, 0.25) is 5.95 Å². The summed E-state index contributed by atoms with van der Waals surface area (Å²) in [6, 6.07) is 10.1. The summed E-state index contributed by atoms with van der Waals surface area (Å²) in [6.07, 6.45) is 3.67. The Morgan fingerprint density at radius 1 is 1.07 bits per heavy atom. The van der Waals surface area contributed by atoms with Gasteiger partial charge in [-0.2, -0.15) is 0 Å². The first-order valence-electron chi connectivity index (χ1n) is 8.96. The Kier molecular flexibility index (Phi) is 4.68. The third kappa shape index (κ3) is 3.73. The quantitative estimate of drug-likeness (QED) is 0.748. The lowest BCUT2D eigenvalue weighted by molar-refractivity contribution is 0.273. The zero-order valence-corrected chi connectivity index (χ0v) is 15.5. The van der Waals surface area contributed by atoms with Crippen LogP contribution in [0.15, 0.2) is 47.5 Å². The lowest BCUT2D eigenvalue weighted by atomic mass is 10.2. The van der Waals surface area contributed by atoms with Gasteiger partial charge < -0.3 is 5.32 Å². The summed E-state index contributed by atoms with van der Waals surface area (Å²) < 4.78 is 1.61. The van der Waals surface area contributed by atoms with Gasteiger partial charge in [-0.3, -0.25) is 14.3 Å². The highest BCUT2D eigenvalue weighted by Crippen LogP contribution is 2.20. The van der Waals surface area contributed by atoms with E-state index in [4.69, 9.17) is 0 Å². The molecule has 0 unspecified atom stereocenters. The van der Waals surface area contributed by atoms with E-state index in [-0.39, 0.29) is 5.56 Å². The van der Waals surface area contributed by atoms with Crippen LogP contribution in [0.25, 0.3) is 0 Å². The van der Waals surface area contributed by atoms with Gasteiger partial charge in [-0.25, -0.2) is 15.0 Å². The molecule has 3 aromatic rings. The fourth-order valence-corrected chi connectivity index (χ4v) is 3.27. The third-order valence-corrected chi connectivity index (χ3v) is 4.85. The molecule has 2 aromatic heterocycles. The minimum Gasteiger partial charge on any atom is -0.350 e. The largest absolute Gasteiger partial charge is 0.350 e. The molecule has 0 atom stereocenters. The fourth-order valence-electron chi connectivity index (χ4n) is 3.27. The van der Waals surface area contributed by atoms with Crippen LogP contribution in [0.4, 0.5) is 5.95 Å². The van der Waals surface area contributed by atoms with Gasteiger partial charge in [-0.15, -0.1) is 0 Å². The highest BCUT2D eigenvalue weighted by molar-refractivity contribution is 5.28. The van der Waals surface area contributed by atoms with Crippen molar-refractivity contribution in [3.8, 4) is 0 Å². The molecule has 1 aromatic carbocycles. The summed E-state index contributed by atoms with van der Waals surface area (Å²) in [5.74, 6) is 1.36. The molecule has 0 amide bonds. The van der Waals surface area contributed by atoms with Gasteiger partial charge in [0.25, 0.3) is 5.56 Å². The summed E-state index contributed by atoms with van der Waals surface area (Å²) in [6.45, 7) is 4.54. The molecular weight excluding hydrogens is 340 g/mol. The topological polar surface area (TPSA) is 75.9 Å². The first-order chi connectivity index (χ1) is 13.1. The summed E-state index contributed by atoms with van der Waals surface area (Å²) in [5.41, 5.74) is 3.94. The van der Waals surface area contributed by atoms with Crippen molar-refractivity contribution < 1.29 is 0 Å². The van der Waals surface area contributed by atoms with E-state index >= 15 is 0 Å². The van der Waals surface area contributed by atoms with Crippen molar-refractivity contribution in [3.05, 3.63) is 81.3 Å². The molecule has 0 saturated carbocycles. The van der Waals surface area contributed by atoms with Crippen LogP contribution in [-0.4, -0.2) is 24.4 Å². The van der Waals surface area contributed by atoms with Crippen molar-refractivity contribution in [2.24, 2.45) is 7.05 Å². The molecule has 138 valence electrons. The van der Waals surface area contributed by atoms with Crippen LogP contribution in [0.3, 0.4) is 0 Å². The Morgan fingerprint density at radius 3 is 2.56 bits per heavy atom. The average molecular weight is 362 g/mol. The highest BCUT2D eigenvalue weighted by atomic mass is 16.1. The molecular formula is C20H22N6O. The Morgan fingerprint density at radius 2 is 1.81 bits per heavy atom. The van der Waals surface area contributed by atoms with Gasteiger partial charge in [0.05, 0.1) is 11.3 Å². The summed E-state index contributed by atoms with van der Waals surface area (Å²) in [5, 5.41) is 3.23. The van der Waals surface area contributed by atoms with E-state index < -0.39 is 0 Å². The molecule has 0 spiro atoms. The standard InChI is InChI=1S/C20H22N6O/c1-14-24-18-13-26(12-17(18)19(27)25(14)2)11-16-9-22-20(23-10-16)21-8-15-6-4-3-5-7-15/h3-7,9-10H,8,11-13H2,1-2H3,(H,21,22,23). The van der Waals surface area contributed by atoms with E-state index in [1.165, 1.54) is 5.56 Å². The predicted octanol–water partition coefficient (Wildman–Crippen LogP) is 2.01. The minimum atomic E-state index is 0.0525. The number of benzene rings is 1. The molecule has 27 heavy (non-hydrogen) atoms. The van der Waals surface area contributed by atoms with Gasteiger partial charge >= 0.3 is 0 Å². The maximum Gasteiger partial charge on any atom is 0.258 e. The van der Waals surface area contributed by atoms with Gasteiger partial charge in [0.1, 0.15) is 5.82 Å². The molecule has 3 heterocycles. The van der Waals surface area contributed by atoms with Crippen LogP contribution >= 0.6 is 0 Å². The number of fused-ring (bicyclic) bond motifs is 1. The van der Waals surface area contributed by atoms with E-state index in [0.717, 1.165) is 22.6 Å². The molecule has 0 aliphatic carbocycles. The van der Waals surface area contributed by atoms with Crippen molar-refractivity contribution in [1.82, 2.24) is 24.4 Å². The van der Waals surface area contributed by atoms with E-state index in [9.17, 15) is 4.79 Å². The second kappa shape index (κ2) is 7.28. The number of aromatic nitrogens is 4. The third-order valence-electron chi connectivity index (χ3n) is 4.85. The van der Waals surface area contributed by atoms with Gasteiger partial charge in [-0.05, 0) is 12.5 Å². The summed E-state index contributed by atoms with van der Waals surface area (Å²) in [7, 11) is 1.77. The minimum absolute atomic E-state index is 0.0525. The highest BCUT2D eigenvalue weighted by Gasteiger charge is 2.24. The van der Waals surface area contributed by atoms with Crippen molar-refractivity contribution >= 4 is 5.95 Å². The normalized spacial score (nSPS) is 13.6. The molecule has 7 nitrogen and oxygen atoms in total. The van der Waals surface area contributed by atoms with Crippen molar-refractivity contribution in [2.45, 2.75) is 33.1 Å². The van der Waals surface area contributed by atoms with Crippen LogP contribution < -0.4 is 10.9 Å². The van der Waals surface area contributed by atoms with Crippen LogP contribution in [-0.2, 0) is 33.2 Å². The lowest BCUT2D eigenvalue weighted by Crippen LogP contribution is -2.25. The SMILES string of the molecule is Cc1nc2c(c(=O)n1C)CN(Cc1cnc(NCc3ccccc3)nc1)C2. The van der Waals surface area contributed by atoms with E-state index in [1.54, 1.807) is 11.6 Å². The molecule has 7 heteroatoms. The number of rotatable bonds is 5.